The van der Waals surface area contributed by atoms with Crippen LogP contribution in [0.1, 0.15) is 34.5 Å². The molecular formula is C23H31N3O2. The fraction of sp³-hybridized carbons (Fsp3) is 0.435. The van der Waals surface area contributed by atoms with Gasteiger partial charge in [-0.05, 0) is 50.7 Å². The molecule has 5 nitrogen and oxygen atoms in total. The van der Waals surface area contributed by atoms with Gasteiger partial charge in [-0.15, -0.1) is 0 Å². The predicted octanol–water partition coefficient (Wildman–Crippen LogP) is 3.11. The number of carbonyl (C=O) groups is 1. The molecule has 0 unspecified atom stereocenters. The molecule has 1 heterocycles. The van der Waals surface area contributed by atoms with Crippen molar-refractivity contribution in [3.05, 3.63) is 65.2 Å². The van der Waals surface area contributed by atoms with Crippen molar-refractivity contribution in [1.29, 1.82) is 0 Å². The molecule has 1 N–H and O–H groups in total. The molecule has 1 atom stereocenters. The Morgan fingerprint density at radius 2 is 1.68 bits per heavy atom. The van der Waals surface area contributed by atoms with Crippen LogP contribution in [0.5, 0.6) is 5.75 Å². The fourth-order valence-corrected chi connectivity index (χ4v) is 3.54. The molecule has 1 fully saturated rings. The number of benzene rings is 2. The first kappa shape index (κ1) is 20.4. The van der Waals surface area contributed by atoms with Crippen LogP contribution in [0.4, 0.5) is 0 Å². The van der Waals surface area contributed by atoms with E-state index < -0.39 is 0 Å². The van der Waals surface area contributed by atoms with E-state index in [0.717, 1.165) is 31.9 Å². The highest BCUT2D eigenvalue weighted by Gasteiger charge is 2.24. The van der Waals surface area contributed by atoms with E-state index in [1.807, 2.05) is 31.2 Å². The second-order valence-corrected chi connectivity index (χ2v) is 7.43. The molecule has 0 saturated carbocycles. The summed E-state index contributed by atoms with van der Waals surface area (Å²) in [5.41, 5.74) is 3.16. The van der Waals surface area contributed by atoms with Crippen molar-refractivity contribution in [1.82, 2.24) is 15.1 Å². The number of amides is 1. The van der Waals surface area contributed by atoms with Crippen LogP contribution >= 0.6 is 0 Å². The molecule has 0 spiro atoms. The summed E-state index contributed by atoms with van der Waals surface area (Å²) in [7, 11) is 2.16. The summed E-state index contributed by atoms with van der Waals surface area (Å²) in [6.07, 6.45) is 0. The molecule has 150 valence electrons. The maximum atomic E-state index is 12.7. The Bertz CT molecular complexity index is 750. The van der Waals surface area contributed by atoms with E-state index in [0.29, 0.717) is 18.7 Å². The summed E-state index contributed by atoms with van der Waals surface area (Å²) in [4.78, 5) is 17.5. The first-order valence-corrected chi connectivity index (χ1v) is 10.1. The van der Waals surface area contributed by atoms with Gasteiger partial charge < -0.3 is 15.0 Å². The van der Waals surface area contributed by atoms with E-state index in [1.54, 1.807) is 0 Å². The highest BCUT2D eigenvalue weighted by molar-refractivity contribution is 5.94. The van der Waals surface area contributed by atoms with Gasteiger partial charge in [0.2, 0.25) is 0 Å². The van der Waals surface area contributed by atoms with Gasteiger partial charge in [0.15, 0.2) is 0 Å². The summed E-state index contributed by atoms with van der Waals surface area (Å²) < 4.78 is 5.45. The van der Waals surface area contributed by atoms with Gasteiger partial charge in [-0.1, -0.05) is 29.8 Å². The van der Waals surface area contributed by atoms with Crippen LogP contribution in [0, 0.1) is 6.92 Å². The molecule has 1 saturated heterocycles. The smallest absolute Gasteiger partial charge is 0.251 e. The van der Waals surface area contributed by atoms with E-state index in [9.17, 15) is 4.79 Å². The highest BCUT2D eigenvalue weighted by Crippen LogP contribution is 2.22. The zero-order chi connectivity index (χ0) is 19.9. The number of hydrogen-bond donors (Lipinski definition) is 1. The average molecular weight is 382 g/mol. The molecule has 1 amide bonds. The zero-order valence-corrected chi connectivity index (χ0v) is 17.1. The summed E-state index contributed by atoms with van der Waals surface area (Å²) in [5, 5.41) is 3.14. The zero-order valence-electron chi connectivity index (χ0n) is 17.1. The fourth-order valence-electron chi connectivity index (χ4n) is 3.54. The van der Waals surface area contributed by atoms with Crippen LogP contribution in [0.25, 0.3) is 0 Å². The third kappa shape index (κ3) is 5.33. The van der Waals surface area contributed by atoms with Gasteiger partial charge in [-0.25, -0.2) is 0 Å². The number of hydrogen-bond acceptors (Lipinski definition) is 4. The lowest BCUT2D eigenvalue weighted by molar-refractivity contribution is 0.0886. The third-order valence-corrected chi connectivity index (χ3v) is 5.32. The second-order valence-electron chi connectivity index (χ2n) is 7.43. The summed E-state index contributed by atoms with van der Waals surface area (Å²) in [6, 6.07) is 16.2. The van der Waals surface area contributed by atoms with Crippen molar-refractivity contribution in [2.45, 2.75) is 19.9 Å². The topological polar surface area (TPSA) is 44.8 Å². The third-order valence-electron chi connectivity index (χ3n) is 5.32. The lowest BCUT2D eigenvalue weighted by atomic mass is 10.0. The number of piperazine rings is 1. The molecule has 0 aromatic heterocycles. The minimum Gasteiger partial charge on any atom is -0.494 e. The van der Waals surface area contributed by atoms with Crippen molar-refractivity contribution in [2.75, 3.05) is 46.4 Å². The minimum atomic E-state index is -0.0470. The van der Waals surface area contributed by atoms with Crippen LogP contribution in [0.2, 0.25) is 0 Å². The lowest BCUT2D eigenvalue weighted by Gasteiger charge is -2.38. The number of ether oxygens (including phenoxy) is 1. The Labute approximate surface area is 168 Å². The van der Waals surface area contributed by atoms with Crippen LogP contribution in [0.15, 0.2) is 48.5 Å². The maximum Gasteiger partial charge on any atom is 0.251 e. The number of nitrogens with zero attached hydrogens (tertiary/aromatic N) is 2. The molecule has 1 aliphatic rings. The van der Waals surface area contributed by atoms with E-state index in [2.05, 4.69) is 53.4 Å². The normalized spacial score (nSPS) is 16.5. The van der Waals surface area contributed by atoms with Gasteiger partial charge in [0.05, 0.1) is 12.6 Å². The van der Waals surface area contributed by atoms with Crippen LogP contribution in [0.3, 0.4) is 0 Å². The van der Waals surface area contributed by atoms with Crippen LogP contribution in [-0.4, -0.2) is 62.1 Å². The van der Waals surface area contributed by atoms with E-state index in [4.69, 9.17) is 4.74 Å². The van der Waals surface area contributed by atoms with Crippen LogP contribution < -0.4 is 10.1 Å². The first-order valence-electron chi connectivity index (χ1n) is 10.1. The second kappa shape index (κ2) is 9.71. The van der Waals surface area contributed by atoms with E-state index in [1.165, 1.54) is 11.1 Å². The molecule has 3 rings (SSSR count). The summed E-state index contributed by atoms with van der Waals surface area (Å²) >= 11 is 0. The molecular weight excluding hydrogens is 350 g/mol. The standard InChI is InChI=1S/C23H31N3O2/c1-4-28-21-11-9-20(10-12-21)23(27)24-17-22(19-7-5-18(2)6-8-19)26-15-13-25(3)14-16-26/h5-12,22H,4,13-17H2,1-3H3,(H,24,27)/t22-/m0/s1. The van der Waals surface area contributed by atoms with Crippen LogP contribution in [-0.2, 0) is 0 Å². The molecule has 0 radical (unpaired) electrons. The molecule has 0 aliphatic carbocycles. The number of rotatable bonds is 7. The van der Waals surface area contributed by atoms with Crippen molar-refractivity contribution in [3.8, 4) is 5.75 Å². The quantitative estimate of drug-likeness (QED) is 0.800. The Morgan fingerprint density at radius 3 is 2.29 bits per heavy atom. The van der Waals surface area contributed by atoms with Crippen molar-refractivity contribution in [2.24, 2.45) is 0 Å². The maximum absolute atomic E-state index is 12.7. The van der Waals surface area contributed by atoms with Gasteiger partial charge >= 0.3 is 0 Å². The Balaban J connectivity index is 1.68. The SMILES string of the molecule is CCOc1ccc(C(=O)NC[C@@H](c2ccc(C)cc2)N2CCN(C)CC2)cc1. The van der Waals surface area contributed by atoms with Gasteiger partial charge in [-0.2, -0.15) is 0 Å². The molecule has 2 aromatic carbocycles. The number of nitrogens with one attached hydrogen (secondary N) is 1. The largest absolute Gasteiger partial charge is 0.494 e. The molecule has 2 aromatic rings. The van der Waals surface area contributed by atoms with Gasteiger partial charge in [0.1, 0.15) is 5.75 Å². The summed E-state index contributed by atoms with van der Waals surface area (Å²) in [5.74, 6) is 0.739. The highest BCUT2D eigenvalue weighted by atomic mass is 16.5. The van der Waals surface area contributed by atoms with Crippen molar-refractivity contribution >= 4 is 5.91 Å². The monoisotopic (exact) mass is 381 g/mol. The van der Waals surface area contributed by atoms with Gasteiger partial charge in [-0.3, -0.25) is 9.69 Å². The Morgan fingerprint density at radius 1 is 1.04 bits per heavy atom. The molecule has 28 heavy (non-hydrogen) atoms. The average Bonchev–Trinajstić information content (AvgIpc) is 2.71. The molecule has 1 aliphatic heterocycles. The van der Waals surface area contributed by atoms with Crippen molar-refractivity contribution in [3.63, 3.8) is 0 Å². The van der Waals surface area contributed by atoms with Gasteiger partial charge in [0.25, 0.3) is 5.91 Å². The number of likely N-dealkylation sites (N-methyl/N-ethyl adjacent to an activating group) is 1. The lowest BCUT2D eigenvalue weighted by Crippen LogP contribution is -2.48. The minimum absolute atomic E-state index is 0.0470. The molecule has 5 heteroatoms. The Hall–Kier alpha value is -2.37. The first-order chi connectivity index (χ1) is 13.6. The van der Waals surface area contributed by atoms with E-state index in [-0.39, 0.29) is 11.9 Å². The van der Waals surface area contributed by atoms with E-state index >= 15 is 0 Å². The predicted molar refractivity (Wildman–Crippen MR) is 113 cm³/mol. The Kier molecular flexibility index (Phi) is 7.06. The van der Waals surface area contributed by atoms with Gasteiger partial charge in [0, 0.05) is 38.3 Å². The molecule has 0 bridgehead atoms. The number of carbonyl (C=O) groups excluding carboxylic acids is 1. The van der Waals surface area contributed by atoms with Crippen molar-refractivity contribution < 1.29 is 9.53 Å². The summed E-state index contributed by atoms with van der Waals surface area (Å²) in [6.45, 7) is 9.38. The number of aryl methyl sites for hydroxylation is 1.